The fourth-order valence-corrected chi connectivity index (χ4v) is 2.65. The Kier molecular flexibility index (Phi) is 6.19. The molecule has 0 saturated heterocycles. The maximum Gasteiger partial charge on any atom is 0.239 e. The van der Waals surface area contributed by atoms with Gasteiger partial charge in [0.25, 0.3) is 0 Å². The summed E-state index contributed by atoms with van der Waals surface area (Å²) in [7, 11) is 0. The lowest BCUT2D eigenvalue weighted by molar-refractivity contribution is -0.148. The van der Waals surface area contributed by atoms with Crippen LogP contribution in [0.1, 0.15) is 38.8 Å². The molecule has 0 aliphatic rings. The highest BCUT2D eigenvalue weighted by atomic mass is 16.2. The van der Waals surface area contributed by atoms with Gasteiger partial charge in [-0.3, -0.25) is 9.59 Å². The second kappa shape index (κ2) is 8.17. The summed E-state index contributed by atoms with van der Waals surface area (Å²) in [5.74, 6) is -0.481. The Bertz CT molecular complexity index is 749. The number of hydrogen-bond donors (Lipinski definition) is 1. The highest BCUT2D eigenvalue weighted by molar-refractivity contribution is 6.09. The molecule has 0 fully saturated rings. The summed E-state index contributed by atoms with van der Waals surface area (Å²) in [6, 6.07) is 17.4. The zero-order chi connectivity index (χ0) is 19.3. The smallest absolute Gasteiger partial charge is 0.239 e. The van der Waals surface area contributed by atoms with Crippen LogP contribution in [0.2, 0.25) is 0 Å². The van der Waals surface area contributed by atoms with Crippen molar-refractivity contribution in [3.8, 4) is 0 Å². The first-order chi connectivity index (χ1) is 12.2. The molecule has 1 N–H and O–H groups in total. The molecular weight excluding hydrogens is 324 g/mol. The molecular formula is C22H28N2O2. The Morgan fingerprint density at radius 2 is 1.58 bits per heavy atom. The third-order valence-electron chi connectivity index (χ3n) is 4.49. The van der Waals surface area contributed by atoms with E-state index in [1.807, 2.05) is 75.4 Å². The van der Waals surface area contributed by atoms with Crippen molar-refractivity contribution in [1.82, 2.24) is 4.90 Å². The lowest BCUT2D eigenvalue weighted by Crippen LogP contribution is -2.49. The molecule has 2 rings (SSSR count). The fraction of sp³-hybridized carbons (Fsp3) is 0.364. The second-order valence-corrected chi connectivity index (χ2v) is 7.46. The minimum atomic E-state index is -1.16. The Morgan fingerprint density at radius 1 is 1.00 bits per heavy atom. The largest absolute Gasteiger partial charge is 0.335 e. The van der Waals surface area contributed by atoms with Crippen LogP contribution in [0, 0.1) is 12.3 Å². The number of aryl methyl sites for hydroxylation is 1. The van der Waals surface area contributed by atoms with Crippen molar-refractivity contribution in [2.45, 2.75) is 47.2 Å². The Labute approximate surface area is 156 Å². The SMILES string of the molecule is Cc1ccc(NC(=O)C(C)(C)C(=O)N(Cc2ccccc2)C(C)C)cc1. The summed E-state index contributed by atoms with van der Waals surface area (Å²) in [5, 5.41) is 2.86. The molecule has 4 heteroatoms. The van der Waals surface area contributed by atoms with Gasteiger partial charge in [0.2, 0.25) is 11.8 Å². The monoisotopic (exact) mass is 352 g/mol. The predicted octanol–water partition coefficient (Wildman–Crippen LogP) is 4.40. The molecule has 4 nitrogen and oxygen atoms in total. The third kappa shape index (κ3) is 4.72. The molecule has 2 aromatic carbocycles. The summed E-state index contributed by atoms with van der Waals surface area (Å²) >= 11 is 0. The van der Waals surface area contributed by atoms with Crippen molar-refractivity contribution < 1.29 is 9.59 Å². The van der Waals surface area contributed by atoms with Crippen LogP contribution >= 0.6 is 0 Å². The van der Waals surface area contributed by atoms with Crippen LogP contribution < -0.4 is 5.32 Å². The predicted molar refractivity (Wildman–Crippen MR) is 106 cm³/mol. The Balaban J connectivity index is 2.16. The van der Waals surface area contributed by atoms with Crippen molar-refractivity contribution in [3.63, 3.8) is 0 Å². The van der Waals surface area contributed by atoms with E-state index in [0.717, 1.165) is 11.1 Å². The van der Waals surface area contributed by atoms with E-state index < -0.39 is 5.41 Å². The molecule has 0 unspecified atom stereocenters. The minimum absolute atomic E-state index is 0.00541. The van der Waals surface area contributed by atoms with Gasteiger partial charge in [0.15, 0.2) is 0 Å². The van der Waals surface area contributed by atoms with Gasteiger partial charge < -0.3 is 10.2 Å². The average molecular weight is 352 g/mol. The second-order valence-electron chi connectivity index (χ2n) is 7.46. The molecule has 0 atom stereocenters. The molecule has 0 aliphatic heterocycles. The summed E-state index contributed by atoms with van der Waals surface area (Å²) in [5.41, 5.74) is 1.70. The molecule has 0 spiro atoms. The van der Waals surface area contributed by atoms with E-state index in [9.17, 15) is 9.59 Å². The summed E-state index contributed by atoms with van der Waals surface area (Å²) < 4.78 is 0. The first-order valence-corrected chi connectivity index (χ1v) is 8.95. The van der Waals surface area contributed by atoms with Gasteiger partial charge in [0.05, 0.1) is 0 Å². The number of anilines is 1. The zero-order valence-electron chi connectivity index (χ0n) is 16.2. The maximum atomic E-state index is 13.2. The van der Waals surface area contributed by atoms with Crippen LogP contribution in [0.3, 0.4) is 0 Å². The van der Waals surface area contributed by atoms with Crippen LogP contribution in [0.15, 0.2) is 54.6 Å². The number of amides is 2. The Morgan fingerprint density at radius 3 is 2.12 bits per heavy atom. The van der Waals surface area contributed by atoms with E-state index in [2.05, 4.69) is 5.32 Å². The zero-order valence-corrected chi connectivity index (χ0v) is 16.2. The Hall–Kier alpha value is -2.62. The lowest BCUT2D eigenvalue weighted by atomic mass is 9.89. The first-order valence-electron chi connectivity index (χ1n) is 8.95. The number of benzene rings is 2. The van der Waals surface area contributed by atoms with Crippen LogP contribution in [-0.4, -0.2) is 22.8 Å². The van der Waals surface area contributed by atoms with Gasteiger partial charge in [-0.05, 0) is 52.3 Å². The molecule has 2 amide bonds. The van der Waals surface area contributed by atoms with E-state index in [1.165, 1.54) is 0 Å². The van der Waals surface area contributed by atoms with E-state index in [0.29, 0.717) is 12.2 Å². The van der Waals surface area contributed by atoms with Gasteiger partial charge in [-0.2, -0.15) is 0 Å². The molecule has 2 aromatic rings. The van der Waals surface area contributed by atoms with E-state index in [4.69, 9.17) is 0 Å². The molecule has 26 heavy (non-hydrogen) atoms. The number of carbonyl (C=O) groups is 2. The summed E-state index contributed by atoms with van der Waals surface area (Å²) in [6.07, 6.45) is 0. The molecule has 138 valence electrons. The van der Waals surface area contributed by atoms with Crippen LogP contribution in [0.25, 0.3) is 0 Å². The van der Waals surface area contributed by atoms with Crippen LogP contribution in [-0.2, 0) is 16.1 Å². The average Bonchev–Trinajstić information content (AvgIpc) is 2.61. The minimum Gasteiger partial charge on any atom is -0.335 e. The number of carbonyl (C=O) groups excluding carboxylic acids is 2. The van der Waals surface area contributed by atoms with Crippen molar-refractivity contribution in [1.29, 1.82) is 0 Å². The molecule has 0 aromatic heterocycles. The third-order valence-corrected chi connectivity index (χ3v) is 4.49. The number of nitrogens with zero attached hydrogens (tertiary/aromatic N) is 1. The van der Waals surface area contributed by atoms with Gasteiger partial charge in [-0.15, -0.1) is 0 Å². The van der Waals surface area contributed by atoms with Crippen molar-refractivity contribution in [3.05, 3.63) is 65.7 Å². The molecule has 0 heterocycles. The molecule has 0 saturated carbocycles. The standard InChI is InChI=1S/C22H28N2O2/c1-16(2)24(15-18-9-7-6-8-10-18)21(26)22(4,5)20(25)23-19-13-11-17(3)12-14-19/h6-14,16H,15H2,1-5H3,(H,23,25). The van der Waals surface area contributed by atoms with Crippen LogP contribution in [0.4, 0.5) is 5.69 Å². The van der Waals surface area contributed by atoms with Gasteiger partial charge >= 0.3 is 0 Å². The molecule has 0 radical (unpaired) electrons. The topological polar surface area (TPSA) is 49.4 Å². The normalized spacial score (nSPS) is 11.3. The van der Waals surface area contributed by atoms with Crippen molar-refractivity contribution >= 4 is 17.5 Å². The quantitative estimate of drug-likeness (QED) is 0.784. The van der Waals surface area contributed by atoms with E-state index in [-0.39, 0.29) is 17.9 Å². The fourth-order valence-electron chi connectivity index (χ4n) is 2.65. The van der Waals surface area contributed by atoms with E-state index in [1.54, 1.807) is 18.7 Å². The van der Waals surface area contributed by atoms with Crippen molar-refractivity contribution in [2.24, 2.45) is 5.41 Å². The summed E-state index contributed by atoms with van der Waals surface area (Å²) in [6.45, 7) is 9.77. The van der Waals surface area contributed by atoms with Crippen LogP contribution in [0.5, 0.6) is 0 Å². The van der Waals surface area contributed by atoms with Gasteiger partial charge in [0, 0.05) is 18.3 Å². The lowest BCUT2D eigenvalue weighted by Gasteiger charge is -2.34. The number of rotatable bonds is 6. The van der Waals surface area contributed by atoms with Gasteiger partial charge in [0.1, 0.15) is 5.41 Å². The molecule has 0 bridgehead atoms. The summed E-state index contributed by atoms with van der Waals surface area (Å²) in [4.78, 5) is 27.7. The first kappa shape index (κ1) is 19.7. The highest BCUT2D eigenvalue weighted by Gasteiger charge is 2.40. The number of nitrogens with one attached hydrogen (secondary N) is 1. The highest BCUT2D eigenvalue weighted by Crippen LogP contribution is 2.24. The maximum absolute atomic E-state index is 13.2. The van der Waals surface area contributed by atoms with Gasteiger partial charge in [-0.25, -0.2) is 0 Å². The van der Waals surface area contributed by atoms with E-state index >= 15 is 0 Å². The number of hydrogen-bond acceptors (Lipinski definition) is 2. The molecule has 0 aliphatic carbocycles. The van der Waals surface area contributed by atoms with Gasteiger partial charge in [-0.1, -0.05) is 48.0 Å². The van der Waals surface area contributed by atoms with Crippen molar-refractivity contribution in [2.75, 3.05) is 5.32 Å².